The van der Waals surface area contributed by atoms with Crippen LogP contribution in [0.2, 0.25) is 0 Å². The van der Waals surface area contributed by atoms with Crippen molar-refractivity contribution in [3.8, 4) is 40.1 Å². The Morgan fingerprint density at radius 1 is 0.543 bits per heavy atom. The molecule has 0 bridgehead atoms. The number of rotatable bonds is 3. The van der Waals surface area contributed by atoms with Gasteiger partial charge in [0.1, 0.15) is 0 Å². The molecule has 0 amide bonds. The van der Waals surface area contributed by atoms with Gasteiger partial charge >= 0.3 is 0 Å². The van der Waals surface area contributed by atoms with E-state index in [-0.39, 0.29) is 0 Å². The lowest BCUT2D eigenvalue weighted by Gasteiger charge is -2.15. The minimum absolute atomic E-state index is 0.487. The van der Waals surface area contributed by atoms with E-state index in [9.17, 15) is 10.5 Å². The molecule has 0 unspecified atom stereocenters. The topological polar surface area (TPSA) is 52.5 Å². The van der Waals surface area contributed by atoms with Crippen molar-refractivity contribution >= 4 is 21.8 Å². The van der Waals surface area contributed by atoms with Crippen molar-refractivity contribution in [3.05, 3.63) is 126 Å². The van der Waals surface area contributed by atoms with Crippen molar-refractivity contribution in [3.63, 3.8) is 0 Å². The van der Waals surface area contributed by atoms with Crippen LogP contribution in [-0.2, 0) is 0 Å². The van der Waals surface area contributed by atoms with Crippen molar-refractivity contribution in [2.24, 2.45) is 0 Å². The summed E-state index contributed by atoms with van der Waals surface area (Å²) in [6.07, 6.45) is 0. The second-order valence-corrected chi connectivity index (χ2v) is 8.43. The van der Waals surface area contributed by atoms with Gasteiger partial charge in [0.2, 0.25) is 0 Å². The Morgan fingerprint density at radius 2 is 1.17 bits per heavy atom. The first-order valence-corrected chi connectivity index (χ1v) is 11.4. The molecule has 162 valence electrons. The zero-order valence-electron chi connectivity index (χ0n) is 18.8. The van der Waals surface area contributed by atoms with Gasteiger partial charge in [-0.05, 0) is 53.6 Å². The summed E-state index contributed by atoms with van der Waals surface area (Å²) in [6, 6.07) is 43.1. The number of benzene rings is 5. The Balaban J connectivity index is 1.87. The summed E-state index contributed by atoms with van der Waals surface area (Å²) in [7, 11) is 0. The van der Waals surface area contributed by atoms with Gasteiger partial charge in [-0.25, -0.2) is 0 Å². The summed E-state index contributed by atoms with van der Waals surface area (Å²) < 4.78 is 2.24. The fourth-order valence-corrected chi connectivity index (χ4v) is 4.96. The van der Waals surface area contributed by atoms with Crippen LogP contribution in [0.3, 0.4) is 0 Å². The summed E-state index contributed by atoms with van der Waals surface area (Å²) in [5.74, 6) is 0. The number of para-hydroxylation sites is 2. The van der Waals surface area contributed by atoms with Gasteiger partial charge in [0, 0.05) is 27.6 Å². The molecule has 5 aromatic carbocycles. The Hall–Kier alpha value is -5.12. The van der Waals surface area contributed by atoms with Gasteiger partial charge in [-0.15, -0.1) is 0 Å². The quantitative estimate of drug-likeness (QED) is 0.278. The van der Waals surface area contributed by atoms with Crippen LogP contribution in [0, 0.1) is 22.7 Å². The maximum absolute atomic E-state index is 10.0. The fourth-order valence-electron chi connectivity index (χ4n) is 4.96. The van der Waals surface area contributed by atoms with Crippen LogP contribution in [0.15, 0.2) is 115 Å². The molecule has 0 saturated heterocycles. The first kappa shape index (κ1) is 20.5. The highest BCUT2D eigenvalue weighted by Gasteiger charge is 2.21. The van der Waals surface area contributed by atoms with Crippen LogP contribution in [0.25, 0.3) is 49.7 Å². The van der Waals surface area contributed by atoms with Crippen LogP contribution in [0.4, 0.5) is 0 Å². The highest BCUT2D eigenvalue weighted by molar-refractivity contribution is 6.15. The van der Waals surface area contributed by atoms with Gasteiger partial charge in [-0.3, -0.25) is 0 Å². The Morgan fingerprint density at radius 3 is 1.86 bits per heavy atom. The van der Waals surface area contributed by atoms with E-state index in [1.54, 1.807) is 18.2 Å². The number of fused-ring (bicyclic) bond motifs is 3. The van der Waals surface area contributed by atoms with Gasteiger partial charge in [0.15, 0.2) is 0 Å². The zero-order valence-corrected chi connectivity index (χ0v) is 18.8. The highest BCUT2D eigenvalue weighted by atomic mass is 15.0. The van der Waals surface area contributed by atoms with Gasteiger partial charge in [0.05, 0.1) is 34.3 Å². The van der Waals surface area contributed by atoms with E-state index in [2.05, 4.69) is 71.3 Å². The number of hydrogen-bond donors (Lipinski definition) is 0. The molecule has 0 aliphatic heterocycles. The van der Waals surface area contributed by atoms with Gasteiger partial charge < -0.3 is 4.57 Å². The summed E-state index contributed by atoms with van der Waals surface area (Å²) in [6.45, 7) is 0. The predicted molar refractivity (Wildman–Crippen MR) is 141 cm³/mol. The maximum atomic E-state index is 10.0. The molecule has 0 aliphatic carbocycles. The molecule has 0 aliphatic rings. The van der Waals surface area contributed by atoms with E-state index in [4.69, 9.17) is 0 Å². The van der Waals surface area contributed by atoms with Gasteiger partial charge in [0.25, 0.3) is 0 Å². The molecule has 3 heteroatoms. The standard InChI is InChI=1S/C32H19N3/c33-20-23-12-9-13-24(21-34)31(23)29-19-25(22-10-3-1-4-11-22)18-28-27-16-7-8-17-30(27)35(32(28)29)26-14-5-2-6-15-26/h1-19H. The molecule has 35 heavy (non-hydrogen) atoms. The average molecular weight is 446 g/mol. The number of nitriles is 2. The van der Waals surface area contributed by atoms with Crippen LogP contribution < -0.4 is 0 Å². The molecule has 0 saturated carbocycles. The van der Waals surface area contributed by atoms with Gasteiger partial charge in [-0.1, -0.05) is 72.8 Å². The van der Waals surface area contributed by atoms with E-state index in [0.717, 1.165) is 44.2 Å². The monoisotopic (exact) mass is 445 g/mol. The first-order chi connectivity index (χ1) is 17.3. The third kappa shape index (κ3) is 3.27. The van der Waals surface area contributed by atoms with Gasteiger partial charge in [-0.2, -0.15) is 10.5 Å². The summed E-state index contributed by atoms with van der Waals surface area (Å²) in [4.78, 5) is 0. The third-order valence-electron chi connectivity index (χ3n) is 6.46. The molecule has 0 fully saturated rings. The number of aromatic nitrogens is 1. The van der Waals surface area contributed by atoms with Crippen molar-refractivity contribution < 1.29 is 0 Å². The van der Waals surface area contributed by atoms with E-state index in [1.807, 2.05) is 42.5 Å². The van der Waals surface area contributed by atoms with Crippen LogP contribution >= 0.6 is 0 Å². The fraction of sp³-hybridized carbons (Fsp3) is 0. The summed E-state index contributed by atoms with van der Waals surface area (Å²) >= 11 is 0. The largest absolute Gasteiger partial charge is 0.309 e. The highest BCUT2D eigenvalue weighted by Crippen LogP contribution is 2.42. The lowest BCUT2D eigenvalue weighted by Crippen LogP contribution is -1.98. The van der Waals surface area contributed by atoms with E-state index in [1.165, 1.54) is 0 Å². The maximum Gasteiger partial charge on any atom is 0.0998 e. The molecule has 6 aromatic rings. The van der Waals surface area contributed by atoms with Crippen LogP contribution in [0.5, 0.6) is 0 Å². The van der Waals surface area contributed by atoms with E-state index in [0.29, 0.717) is 16.7 Å². The molecule has 6 rings (SSSR count). The molecule has 0 N–H and O–H groups in total. The number of nitrogens with zero attached hydrogens (tertiary/aromatic N) is 3. The van der Waals surface area contributed by atoms with Crippen molar-refractivity contribution in [2.45, 2.75) is 0 Å². The zero-order chi connectivity index (χ0) is 23.8. The first-order valence-electron chi connectivity index (χ1n) is 11.4. The molecule has 0 atom stereocenters. The summed E-state index contributed by atoms with van der Waals surface area (Å²) in [5, 5.41) is 22.2. The molecule has 0 radical (unpaired) electrons. The SMILES string of the molecule is N#Cc1cccc(C#N)c1-c1cc(-c2ccccc2)cc2c3ccccc3n(-c3ccccc3)c12. The lowest BCUT2D eigenvalue weighted by molar-refractivity contribution is 1.18. The predicted octanol–water partition coefficient (Wildman–Crippen LogP) is 7.86. The second kappa shape index (κ2) is 8.34. The molecule has 1 heterocycles. The number of hydrogen-bond acceptors (Lipinski definition) is 2. The smallest absolute Gasteiger partial charge is 0.0998 e. The molecule has 3 nitrogen and oxygen atoms in total. The summed E-state index contributed by atoms with van der Waals surface area (Å²) in [5.41, 5.74) is 7.72. The normalized spacial score (nSPS) is 10.8. The van der Waals surface area contributed by atoms with E-state index >= 15 is 0 Å². The molecule has 1 aromatic heterocycles. The van der Waals surface area contributed by atoms with Crippen molar-refractivity contribution in [2.75, 3.05) is 0 Å². The minimum Gasteiger partial charge on any atom is -0.309 e. The Kier molecular flexibility index (Phi) is 4.88. The van der Waals surface area contributed by atoms with Crippen molar-refractivity contribution in [1.29, 1.82) is 10.5 Å². The van der Waals surface area contributed by atoms with Crippen LogP contribution in [0.1, 0.15) is 11.1 Å². The van der Waals surface area contributed by atoms with E-state index < -0.39 is 0 Å². The van der Waals surface area contributed by atoms with Crippen molar-refractivity contribution in [1.82, 2.24) is 4.57 Å². The molecular formula is C32H19N3. The Bertz CT molecular complexity index is 1770. The average Bonchev–Trinajstić information content (AvgIpc) is 3.27. The minimum atomic E-state index is 0.487. The lowest BCUT2D eigenvalue weighted by atomic mass is 9.90. The third-order valence-corrected chi connectivity index (χ3v) is 6.46. The van der Waals surface area contributed by atoms with Crippen LogP contribution in [-0.4, -0.2) is 4.57 Å². The molecular weight excluding hydrogens is 426 g/mol. The Labute approximate surface area is 203 Å². The molecule has 0 spiro atoms. The second-order valence-electron chi connectivity index (χ2n) is 8.43.